The molecule has 2 aliphatic rings. The van der Waals surface area contributed by atoms with Crippen molar-refractivity contribution in [2.24, 2.45) is 0 Å². The Morgan fingerprint density at radius 1 is 1.09 bits per heavy atom. The average Bonchev–Trinajstić information content (AvgIpc) is 3.58. The van der Waals surface area contributed by atoms with E-state index in [2.05, 4.69) is 45.5 Å². The maximum Gasteiger partial charge on any atom is 0.490 e. The molecular weight excluding hydrogens is 447 g/mol. The number of nitrogens with zero attached hydrogens (tertiary/aromatic N) is 2. The summed E-state index contributed by atoms with van der Waals surface area (Å²) in [6.45, 7) is 1.86. The zero-order chi connectivity index (χ0) is 23.3. The van der Waals surface area contributed by atoms with Gasteiger partial charge in [-0.15, -0.1) is 0 Å². The maximum absolute atomic E-state index is 12.1. The van der Waals surface area contributed by atoms with Crippen molar-refractivity contribution in [2.45, 2.75) is 43.8 Å². The average molecular weight is 470 g/mol. The molecule has 0 spiro atoms. The van der Waals surface area contributed by atoms with Crippen LogP contribution < -0.4 is 10.2 Å². The standard InChI is InChI=1S/C20H22ClN3O.C2HF3O2/c21-18-12-16(20(25)23-17-6-7-17)13-22-19(18)24-10-8-15(9-11-24)14-4-2-1-3-5-14;3-2(4,5)1(6)7/h1-5,12-13,15,17H,6-11H2,(H,23,25);(H,6,7). The number of carbonyl (C=O) groups excluding carboxylic acids is 1. The van der Waals surface area contributed by atoms with Gasteiger partial charge in [-0.1, -0.05) is 41.9 Å². The minimum Gasteiger partial charge on any atom is -0.475 e. The van der Waals surface area contributed by atoms with Crippen molar-refractivity contribution in [3.8, 4) is 0 Å². The molecule has 1 aromatic heterocycles. The molecule has 0 unspecified atom stereocenters. The van der Waals surface area contributed by atoms with Crippen LogP contribution in [0.2, 0.25) is 5.02 Å². The van der Waals surface area contributed by atoms with E-state index < -0.39 is 12.1 Å². The van der Waals surface area contributed by atoms with Crippen molar-refractivity contribution in [3.05, 3.63) is 58.7 Å². The van der Waals surface area contributed by atoms with E-state index >= 15 is 0 Å². The molecule has 0 bridgehead atoms. The molecule has 1 saturated carbocycles. The molecule has 2 aromatic rings. The molecule has 10 heteroatoms. The van der Waals surface area contributed by atoms with Gasteiger partial charge in [-0.3, -0.25) is 4.79 Å². The second kappa shape index (κ2) is 10.2. The zero-order valence-corrected chi connectivity index (χ0v) is 17.9. The summed E-state index contributed by atoms with van der Waals surface area (Å²) in [4.78, 5) is 27.7. The quantitative estimate of drug-likeness (QED) is 0.681. The van der Waals surface area contributed by atoms with Gasteiger partial charge in [0.2, 0.25) is 0 Å². The van der Waals surface area contributed by atoms with Crippen LogP contribution >= 0.6 is 11.6 Å². The third kappa shape index (κ3) is 6.59. The highest BCUT2D eigenvalue weighted by molar-refractivity contribution is 6.33. The second-order valence-electron chi connectivity index (χ2n) is 7.75. The minimum absolute atomic E-state index is 0.0776. The number of carboxylic acids is 1. The predicted octanol–water partition coefficient (Wildman–Crippen LogP) is 4.64. The summed E-state index contributed by atoms with van der Waals surface area (Å²) in [6.07, 6.45) is 0.878. The van der Waals surface area contributed by atoms with Crippen LogP contribution in [0.25, 0.3) is 0 Å². The molecule has 172 valence electrons. The van der Waals surface area contributed by atoms with Crippen LogP contribution in [0.1, 0.15) is 47.5 Å². The monoisotopic (exact) mass is 469 g/mol. The van der Waals surface area contributed by atoms with Crippen LogP contribution in [-0.2, 0) is 4.79 Å². The first-order valence-corrected chi connectivity index (χ1v) is 10.6. The van der Waals surface area contributed by atoms with E-state index in [1.807, 2.05) is 0 Å². The highest BCUT2D eigenvalue weighted by Crippen LogP contribution is 2.32. The summed E-state index contributed by atoms with van der Waals surface area (Å²) in [5.41, 5.74) is 1.95. The van der Waals surface area contributed by atoms with Crippen molar-refractivity contribution in [2.75, 3.05) is 18.0 Å². The summed E-state index contributed by atoms with van der Waals surface area (Å²) in [5, 5.41) is 10.7. The van der Waals surface area contributed by atoms with Gasteiger partial charge in [-0.05, 0) is 43.2 Å². The molecule has 1 aliphatic carbocycles. The van der Waals surface area contributed by atoms with Crippen LogP contribution in [0.15, 0.2) is 42.6 Å². The second-order valence-corrected chi connectivity index (χ2v) is 8.16. The van der Waals surface area contributed by atoms with Gasteiger partial charge in [0.25, 0.3) is 5.91 Å². The Labute approximate surface area is 188 Å². The number of amides is 1. The number of alkyl halides is 3. The van der Waals surface area contributed by atoms with Crippen molar-refractivity contribution >= 4 is 29.3 Å². The SMILES string of the molecule is O=C(NC1CC1)c1cnc(N2CCC(c3ccccc3)CC2)c(Cl)c1.O=C(O)C(F)(F)F. The number of carbonyl (C=O) groups is 2. The van der Waals surface area contributed by atoms with Gasteiger partial charge in [0.15, 0.2) is 0 Å². The number of rotatable bonds is 4. The van der Waals surface area contributed by atoms with Crippen molar-refractivity contribution in [1.82, 2.24) is 10.3 Å². The van der Waals surface area contributed by atoms with E-state index in [0.29, 0.717) is 22.5 Å². The Morgan fingerprint density at radius 3 is 2.19 bits per heavy atom. The Balaban J connectivity index is 0.000000360. The first-order chi connectivity index (χ1) is 15.1. The van der Waals surface area contributed by atoms with Crippen molar-refractivity contribution in [1.29, 1.82) is 0 Å². The number of halogens is 4. The van der Waals surface area contributed by atoms with E-state index in [0.717, 1.165) is 44.6 Å². The summed E-state index contributed by atoms with van der Waals surface area (Å²) < 4.78 is 31.7. The molecule has 1 amide bonds. The van der Waals surface area contributed by atoms with Gasteiger partial charge >= 0.3 is 12.1 Å². The lowest BCUT2D eigenvalue weighted by molar-refractivity contribution is -0.192. The van der Waals surface area contributed by atoms with Crippen LogP contribution in [0.3, 0.4) is 0 Å². The Morgan fingerprint density at radius 2 is 1.69 bits per heavy atom. The largest absolute Gasteiger partial charge is 0.490 e. The molecule has 4 rings (SSSR count). The fraction of sp³-hybridized carbons (Fsp3) is 0.409. The molecule has 6 nitrogen and oxygen atoms in total. The number of nitrogens with one attached hydrogen (secondary N) is 1. The summed E-state index contributed by atoms with van der Waals surface area (Å²) >= 11 is 6.43. The van der Waals surface area contributed by atoms with E-state index in [1.54, 1.807) is 12.3 Å². The highest BCUT2D eigenvalue weighted by atomic mass is 35.5. The minimum atomic E-state index is -5.08. The lowest BCUT2D eigenvalue weighted by Crippen LogP contribution is -2.34. The molecule has 2 heterocycles. The smallest absolute Gasteiger partial charge is 0.475 e. The number of aromatic nitrogens is 1. The summed E-state index contributed by atoms with van der Waals surface area (Å²) in [7, 11) is 0. The fourth-order valence-electron chi connectivity index (χ4n) is 3.43. The first kappa shape index (κ1) is 23.8. The zero-order valence-electron chi connectivity index (χ0n) is 17.1. The highest BCUT2D eigenvalue weighted by Gasteiger charge is 2.38. The third-order valence-electron chi connectivity index (χ3n) is 5.30. The van der Waals surface area contributed by atoms with Crippen molar-refractivity contribution < 1.29 is 27.9 Å². The van der Waals surface area contributed by atoms with Gasteiger partial charge in [0, 0.05) is 25.3 Å². The van der Waals surface area contributed by atoms with E-state index in [-0.39, 0.29) is 5.91 Å². The van der Waals surface area contributed by atoms with Gasteiger partial charge in [0.05, 0.1) is 10.6 Å². The number of aliphatic carboxylic acids is 1. The van der Waals surface area contributed by atoms with Crippen LogP contribution in [-0.4, -0.2) is 47.3 Å². The molecule has 1 saturated heterocycles. The number of benzene rings is 1. The number of hydrogen-bond donors (Lipinski definition) is 2. The van der Waals surface area contributed by atoms with E-state index in [4.69, 9.17) is 21.5 Å². The number of anilines is 1. The number of piperidine rings is 1. The number of carboxylic acid groups (broad SMARTS) is 1. The predicted molar refractivity (Wildman–Crippen MR) is 114 cm³/mol. The third-order valence-corrected chi connectivity index (χ3v) is 5.58. The van der Waals surface area contributed by atoms with E-state index in [1.165, 1.54) is 5.56 Å². The molecule has 2 N–H and O–H groups in total. The molecule has 0 atom stereocenters. The number of pyridine rings is 1. The fourth-order valence-corrected chi connectivity index (χ4v) is 3.72. The van der Waals surface area contributed by atoms with Crippen LogP contribution in [0, 0.1) is 0 Å². The van der Waals surface area contributed by atoms with Crippen LogP contribution in [0.4, 0.5) is 19.0 Å². The molecule has 0 radical (unpaired) electrons. The lowest BCUT2D eigenvalue weighted by Gasteiger charge is -2.33. The maximum atomic E-state index is 12.1. The molecular formula is C22H23ClF3N3O3. The Kier molecular flexibility index (Phi) is 7.60. The van der Waals surface area contributed by atoms with E-state index in [9.17, 15) is 18.0 Å². The molecule has 32 heavy (non-hydrogen) atoms. The number of hydrogen-bond acceptors (Lipinski definition) is 4. The topological polar surface area (TPSA) is 82.5 Å². The Bertz CT molecular complexity index is 944. The van der Waals surface area contributed by atoms with Gasteiger partial charge in [-0.25, -0.2) is 9.78 Å². The van der Waals surface area contributed by atoms with Gasteiger partial charge < -0.3 is 15.3 Å². The van der Waals surface area contributed by atoms with Crippen molar-refractivity contribution in [3.63, 3.8) is 0 Å². The Hall–Kier alpha value is -2.81. The lowest BCUT2D eigenvalue weighted by atomic mass is 9.89. The summed E-state index contributed by atoms with van der Waals surface area (Å²) in [6, 6.07) is 12.8. The van der Waals surface area contributed by atoms with Gasteiger partial charge in [-0.2, -0.15) is 13.2 Å². The van der Waals surface area contributed by atoms with Crippen LogP contribution in [0.5, 0.6) is 0 Å². The molecule has 2 fully saturated rings. The molecule has 1 aliphatic heterocycles. The van der Waals surface area contributed by atoms with Gasteiger partial charge in [0.1, 0.15) is 5.82 Å². The molecule has 1 aromatic carbocycles. The summed E-state index contributed by atoms with van der Waals surface area (Å²) in [5.74, 6) is -1.45. The normalized spacial score (nSPS) is 16.7. The first-order valence-electron chi connectivity index (χ1n) is 10.2.